The van der Waals surface area contributed by atoms with Crippen molar-refractivity contribution in [2.24, 2.45) is 10.9 Å². The Kier molecular flexibility index (Phi) is 5.79. The number of nitrogens with zero attached hydrogens (tertiary/aromatic N) is 2. The summed E-state index contributed by atoms with van der Waals surface area (Å²) in [5.41, 5.74) is 1.17. The van der Waals surface area contributed by atoms with E-state index in [-0.39, 0.29) is 5.78 Å². The lowest BCUT2D eigenvalue weighted by molar-refractivity contribution is 0.0975. The summed E-state index contributed by atoms with van der Waals surface area (Å²) in [5.74, 6) is -0.930. The Hall–Kier alpha value is -1.95. The number of carbonyl (C=O) groups is 1. The average Bonchev–Trinajstić information content (AvgIpc) is 2.41. The normalized spacial score (nSPS) is 12.8. The average molecular weight is 242 g/mol. The molecule has 0 amide bonds. The predicted molar refractivity (Wildman–Crippen MR) is 72.8 cm³/mol. The Bertz CT molecular complexity index is 457. The molecule has 1 aromatic rings. The van der Waals surface area contributed by atoms with Crippen molar-refractivity contribution in [3.8, 4) is 6.07 Å². The highest BCUT2D eigenvalue weighted by molar-refractivity contribution is 6.13. The SMILES string of the molecule is CCCCN=C(C)C(C#N)C(=O)c1ccccc1. The van der Waals surface area contributed by atoms with Crippen LogP contribution in [-0.4, -0.2) is 18.0 Å². The van der Waals surface area contributed by atoms with Crippen molar-refractivity contribution in [2.75, 3.05) is 6.54 Å². The highest BCUT2D eigenvalue weighted by Crippen LogP contribution is 2.10. The van der Waals surface area contributed by atoms with Gasteiger partial charge in [-0.3, -0.25) is 9.79 Å². The Morgan fingerprint density at radius 2 is 2.06 bits per heavy atom. The molecule has 0 aliphatic carbocycles. The molecule has 0 saturated heterocycles. The minimum absolute atomic E-state index is 0.171. The molecule has 3 nitrogen and oxygen atoms in total. The van der Waals surface area contributed by atoms with E-state index in [1.807, 2.05) is 12.1 Å². The highest BCUT2D eigenvalue weighted by atomic mass is 16.1. The number of hydrogen-bond donors (Lipinski definition) is 0. The van der Waals surface area contributed by atoms with Gasteiger partial charge in [0.25, 0.3) is 0 Å². The standard InChI is InChI=1S/C15H18N2O/c1-3-4-10-17-12(2)14(11-16)15(18)13-8-6-5-7-9-13/h5-9,14H,3-4,10H2,1-2H3. The molecule has 0 fully saturated rings. The van der Waals surface area contributed by atoms with Crippen LogP contribution in [0.1, 0.15) is 37.0 Å². The van der Waals surface area contributed by atoms with E-state index in [1.54, 1.807) is 31.2 Å². The predicted octanol–water partition coefficient (Wildman–Crippen LogP) is 3.27. The maximum absolute atomic E-state index is 12.1. The third-order valence-electron chi connectivity index (χ3n) is 2.74. The summed E-state index contributed by atoms with van der Waals surface area (Å²) in [7, 11) is 0. The van der Waals surface area contributed by atoms with Crippen molar-refractivity contribution < 1.29 is 4.79 Å². The van der Waals surface area contributed by atoms with Gasteiger partial charge >= 0.3 is 0 Å². The molecular weight excluding hydrogens is 224 g/mol. The fraction of sp³-hybridized carbons (Fsp3) is 0.400. The van der Waals surface area contributed by atoms with Gasteiger partial charge in [0.1, 0.15) is 5.92 Å². The van der Waals surface area contributed by atoms with E-state index in [0.717, 1.165) is 12.8 Å². The minimum Gasteiger partial charge on any atom is -0.293 e. The summed E-state index contributed by atoms with van der Waals surface area (Å²) in [6.45, 7) is 4.52. The Morgan fingerprint density at radius 3 is 2.61 bits per heavy atom. The van der Waals surface area contributed by atoms with Crippen molar-refractivity contribution in [1.29, 1.82) is 5.26 Å². The number of rotatable bonds is 6. The molecule has 0 aliphatic heterocycles. The molecule has 18 heavy (non-hydrogen) atoms. The van der Waals surface area contributed by atoms with Gasteiger partial charge in [-0.25, -0.2) is 0 Å². The third-order valence-corrected chi connectivity index (χ3v) is 2.74. The van der Waals surface area contributed by atoms with Gasteiger partial charge in [-0.2, -0.15) is 5.26 Å². The molecule has 0 saturated carbocycles. The van der Waals surface area contributed by atoms with Crippen LogP contribution in [0.5, 0.6) is 0 Å². The van der Waals surface area contributed by atoms with Gasteiger partial charge in [0.05, 0.1) is 6.07 Å². The number of carbonyl (C=O) groups excluding carboxylic acids is 1. The van der Waals surface area contributed by atoms with Crippen LogP contribution in [-0.2, 0) is 0 Å². The third kappa shape index (κ3) is 3.81. The number of unbranched alkanes of at least 4 members (excludes halogenated alkanes) is 1. The Labute approximate surface area is 108 Å². The van der Waals surface area contributed by atoms with E-state index in [4.69, 9.17) is 5.26 Å². The number of nitriles is 1. The molecule has 0 heterocycles. The van der Waals surface area contributed by atoms with Gasteiger partial charge in [0.2, 0.25) is 0 Å². The van der Waals surface area contributed by atoms with E-state index in [9.17, 15) is 4.79 Å². The molecule has 0 aromatic heterocycles. The Balaban J connectivity index is 2.81. The topological polar surface area (TPSA) is 53.2 Å². The Morgan fingerprint density at radius 1 is 1.39 bits per heavy atom. The summed E-state index contributed by atoms with van der Waals surface area (Å²) in [5, 5.41) is 9.13. The first-order valence-corrected chi connectivity index (χ1v) is 6.20. The molecule has 94 valence electrons. The first-order chi connectivity index (χ1) is 8.70. The molecule has 0 spiro atoms. The lowest BCUT2D eigenvalue weighted by atomic mass is 9.95. The van der Waals surface area contributed by atoms with Gasteiger partial charge in [-0.15, -0.1) is 0 Å². The molecule has 0 N–H and O–H groups in total. The minimum atomic E-state index is -0.760. The summed E-state index contributed by atoms with van der Waals surface area (Å²) in [6, 6.07) is 10.9. The van der Waals surface area contributed by atoms with Gasteiger partial charge in [0.15, 0.2) is 5.78 Å². The number of ketones is 1. The second-order valence-electron chi connectivity index (χ2n) is 4.17. The van der Waals surface area contributed by atoms with Crippen LogP contribution in [0.2, 0.25) is 0 Å². The summed E-state index contributed by atoms with van der Waals surface area (Å²) in [6.07, 6.45) is 2.04. The van der Waals surface area contributed by atoms with Crippen LogP contribution < -0.4 is 0 Å². The molecule has 0 radical (unpaired) electrons. The smallest absolute Gasteiger partial charge is 0.185 e. The first-order valence-electron chi connectivity index (χ1n) is 6.20. The van der Waals surface area contributed by atoms with E-state index in [1.165, 1.54) is 0 Å². The highest BCUT2D eigenvalue weighted by Gasteiger charge is 2.22. The van der Waals surface area contributed by atoms with Crippen molar-refractivity contribution in [2.45, 2.75) is 26.7 Å². The van der Waals surface area contributed by atoms with Crippen LogP contribution in [0, 0.1) is 17.2 Å². The number of benzene rings is 1. The fourth-order valence-electron chi connectivity index (χ4n) is 1.62. The van der Waals surface area contributed by atoms with Crippen LogP contribution >= 0.6 is 0 Å². The van der Waals surface area contributed by atoms with Crippen LogP contribution in [0.25, 0.3) is 0 Å². The largest absolute Gasteiger partial charge is 0.293 e. The van der Waals surface area contributed by atoms with Crippen molar-refractivity contribution in [3.05, 3.63) is 35.9 Å². The molecule has 0 bridgehead atoms. The second-order valence-corrected chi connectivity index (χ2v) is 4.17. The number of aliphatic imine (C=N–C) groups is 1. The van der Waals surface area contributed by atoms with Gasteiger partial charge < -0.3 is 0 Å². The van der Waals surface area contributed by atoms with Gasteiger partial charge in [-0.05, 0) is 13.3 Å². The molecule has 1 unspecified atom stereocenters. The molecule has 1 rings (SSSR count). The number of Topliss-reactive ketones (excluding diaryl/α,β-unsaturated/α-hetero) is 1. The molecule has 0 aliphatic rings. The van der Waals surface area contributed by atoms with Crippen molar-refractivity contribution in [1.82, 2.24) is 0 Å². The van der Waals surface area contributed by atoms with E-state index in [0.29, 0.717) is 17.8 Å². The zero-order chi connectivity index (χ0) is 13.4. The molecular formula is C15H18N2O. The van der Waals surface area contributed by atoms with Crippen molar-refractivity contribution in [3.63, 3.8) is 0 Å². The quantitative estimate of drug-likeness (QED) is 0.436. The summed E-state index contributed by atoms with van der Waals surface area (Å²) in [4.78, 5) is 16.5. The molecule has 3 heteroatoms. The maximum atomic E-state index is 12.1. The van der Waals surface area contributed by atoms with E-state index < -0.39 is 5.92 Å². The van der Waals surface area contributed by atoms with Crippen molar-refractivity contribution >= 4 is 11.5 Å². The van der Waals surface area contributed by atoms with Crippen LogP contribution in [0.3, 0.4) is 0 Å². The molecule has 1 atom stereocenters. The van der Waals surface area contributed by atoms with E-state index >= 15 is 0 Å². The lowest BCUT2D eigenvalue weighted by Crippen LogP contribution is -2.21. The summed E-state index contributed by atoms with van der Waals surface area (Å²) >= 11 is 0. The van der Waals surface area contributed by atoms with Crippen LogP contribution in [0.15, 0.2) is 35.3 Å². The van der Waals surface area contributed by atoms with Crippen LogP contribution in [0.4, 0.5) is 0 Å². The summed E-state index contributed by atoms with van der Waals surface area (Å²) < 4.78 is 0. The van der Waals surface area contributed by atoms with E-state index in [2.05, 4.69) is 11.9 Å². The zero-order valence-electron chi connectivity index (χ0n) is 10.9. The van der Waals surface area contributed by atoms with Gasteiger partial charge in [0, 0.05) is 17.8 Å². The fourth-order valence-corrected chi connectivity index (χ4v) is 1.62. The lowest BCUT2D eigenvalue weighted by Gasteiger charge is -2.08. The first kappa shape index (κ1) is 14.1. The molecule has 1 aromatic carbocycles. The van der Waals surface area contributed by atoms with Gasteiger partial charge in [-0.1, -0.05) is 43.7 Å². The zero-order valence-corrected chi connectivity index (χ0v) is 10.9. The monoisotopic (exact) mass is 242 g/mol. The number of hydrogen-bond acceptors (Lipinski definition) is 3. The second kappa shape index (κ2) is 7.39. The maximum Gasteiger partial charge on any atom is 0.185 e.